The monoisotopic (exact) mass is 464 g/mol. The second kappa shape index (κ2) is 8.79. The molecule has 4 rings (SSSR count). The van der Waals surface area contributed by atoms with Crippen molar-refractivity contribution in [2.45, 2.75) is 41.0 Å². The average Bonchev–Trinajstić information content (AvgIpc) is 2.71. The van der Waals surface area contributed by atoms with Crippen molar-refractivity contribution < 1.29 is 19.3 Å². The van der Waals surface area contributed by atoms with Gasteiger partial charge in [0.15, 0.2) is 6.29 Å². The molecule has 1 N–H and O–H groups in total. The average molecular weight is 465 g/mol. The highest BCUT2D eigenvalue weighted by Crippen LogP contribution is 2.40. The van der Waals surface area contributed by atoms with E-state index in [1.54, 1.807) is 12.4 Å². The lowest BCUT2D eigenvalue weighted by Gasteiger charge is -2.46. The van der Waals surface area contributed by atoms with Gasteiger partial charge in [0, 0.05) is 32.2 Å². The first kappa shape index (κ1) is 19.7. The minimum atomic E-state index is -1.05. The Morgan fingerprint density at radius 2 is 2.07 bits per heavy atom. The third kappa shape index (κ3) is 4.18. The van der Waals surface area contributed by atoms with Crippen LogP contribution < -0.4 is 0 Å². The third-order valence-corrected chi connectivity index (χ3v) is 6.07. The summed E-state index contributed by atoms with van der Waals surface area (Å²) in [4.78, 5) is 7.85. The molecule has 2 aliphatic heterocycles. The number of hydrogen-bond acceptors (Lipinski definition) is 7. The summed E-state index contributed by atoms with van der Waals surface area (Å²) in [7, 11) is 0. The Hall–Kier alpha value is -1.65. The van der Waals surface area contributed by atoms with Gasteiger partial charge in [-0.2, -0.15) is 0 Å². The number of aliphatic hydroxyl groups excluding tert-OH is 1. The molecule has 28 heavy (non-hydrogen) atoms. The molecule has 2 saturated heterocycles. The fourth-order valence-electron chi connectivity index (χ4n) is 3.24. The van der Waals surface area contributed by atoms with Gasteiger partial charge in [0.25, 0.3) is 0 Å². The molecule has 0 spiro atoms. The van der Waals surface area contributed by atoms with Crippen molar-refractivity contribution in [2.75, 3.05) is 6.61 Å². The molecule has 2 fully saturated rings. The van der Waals surface area contributed by atoms with Crippen LogP contribution in [0.2, 0.25) is 0 Å². The Morgan fingerprint density at radius 3 is 2.82 bits per heavy atom. The van der Waals surface area contributed by atoms with Crippen LogP contribution in [0.15, 0.2) is 63.3 Å². The molecule has 8 nitrogen and oxygen atoms in total. The van der Waals surface area contributed by atoms with Crippen LogP contribution in [0.1, 0.15) is 11.9 Å². The first-order valence-corrected chi connectivity index (χ1v) is 10.3. The predicted molar refractivity (Wildman–Crippen MR) is 105 cm³/mol. The molecule has 0 bridgehead atoms. The number of azide groups is 1. The fraction of sp³-hybridized carbons (Fsp3) is 0.389. The molecule has 3 heterocycles. The topological polar surface area (TPSA) is 110 Å². The van der Waals surface area contributed by atoms with E-state index in [1.807, 2.05) is 36.4 Å². The van der Waals surface area contributed by atoms with Gasteiger partial charge >= 0.3 is 0 Å². The van der Waals surface area contributed by atoms with Crippen LogP contribution in [0.3, 0.4) is 0 Å². The predicted octanol–water partition coefficient (Wildman–Crippen LogP) is 3.82. The maximum Gasteiger partial charge on any atom is 0.184 e. The van der Waals surface area contributed by atoms with E-state index < -0.39 is 36.1 Å². The van der Waals surface area contributed by atoms with Gasteiger partial charge in [0.05, 0.1) is 12.6 Å². The van der Waals surface area contributed by atoms with Crippen molar-refractivity contribution in [3.05, 3.63) is 69.3 Å². The van der Waals surface area contributed by atoms with Crippen molar-refractivity contribution in [3.63, 3.8) is 0 Å². The summed E-state index contributed by atoms with van der Waals surface area (Å²) in [6.07, 6.45) is 0.634. The minimum Gasteiger partial charge on any atom is -0.389 e. The van der Waals surface area contributed by atoms with Crippen LogP contribution >= 0.6 is 27.7 Å². The zero-order valence-electron chi connectivity index (χ0n) is 14.5. The second-order valence-electron chi connectivity index (χ2n) is 6.36. The molecule has 6 atom stereocenters. The van der Waals surface area contributed by atoms with Gasteiger partial charge in [0.1, 0.15) is 23.7 Å². The molecule has 0 aliphatic carbocycles. The quantitative estimate of drug-likeness (QED) is 0.418. The van der Waals surface area contributed by atoms with E-state index in [4.69, 9.17) is 19.7 Å². The van der Waals surface area contributed by atoms with Gasteiger partial charge in [-0.15, -0.1) is 0 Å². The Kier molecular flexibility index (Phi) is 6.17. The van der Waals surface area contributed by atoms with Crippen LogP contribution in [0, 0.1) is 0 Å². The molecular weight excluding hydrogens is 448 g/mol. The van der Waals surface area contributed by atoms with Crippen LogP contribution in [0.5, 0.6) is 0 Å². The van der Waals surface area contributed by atoms with Gasteiger partial charge in [0.2, 0.25) is 0 Å². The van der Waals surface area contributed by atoms with Crippen molar-refractivity contribution >= 4 is 27.7 Å². The summed E-state index contributed by atoms with van der Waals surface area (Å²) < 4.78 is 18.7. The van der Waals surface area contributed by atoms with Crippen molar-refractivity contribution in [3.8, 4) is 0 Å². The Bertz CT molecular complexity index is 870. The maximum atomic E-state index is 10.8. The van der Waals surface area contributed by atoms with E-state index >= 15 is 0 Å². The highest BCUT2D eigenvalue weighted by Gasteiger charge is 2.49. The number of fused-ring (bicyclic) bond motifs is 1. The number of pyridine rings is 1. The molecule has 0 amide bonds. The highest BCUT2D eigenvalue weighted by atomic mass is 79.9. The highest BCUT2D eigenvalue weighted by molar-refractivity contribution is 9.10. The SMILES string of the molecule is [N-]=[N+]=N[C@@H]1[C@@H](O)[C@@H](Sc2cncc(Br)c2)O[C@@H]2COC(c3ccccc3)O[C@H]12. The summed E-state index contributed by atoms with van der Waals surface area (Å²) in [5.74, 6) is 0. The molecule has 10 heteroatoms. The number of halogens is 1. The van der Waals surface area contributed by atoms with E-state index in [2.05, 4.69) is 30.9 Å². The van der Waals surface area contributed by atoms with Gasteiger partial charge in [-0.3, -0.25) is 4.98 Å². The summed E-state index contributed by atoms with van der Waals surface area (Å²) in [6.45, 7) is 0.266. The van der Waals surface area contributed by atoms with Crippen LogP contribution in [0.4, 0.5) is 0 Å². The molecule has 2 aliphatic rings. The molecule has 1 unspecified atom stereocenters. The second-order valence-corrected chi connectivity index (χ2v) is 8.45. The van der Waals surface area contributed by atoms with Gasteiger partial charge in [-0.1, -0.05) is 47.2 Å². The largest absolute Gasteiger partial charge is 0.389 e. The first-order chi connectivity index (χ1) is 13.7. The number of rotatable bonds is 4. The number of nitrogens with zero attached hydrogens (tertiary/aromatic N) is 4. The number of hydrogen-bond donors (Lipinski definition) is 1. The number of aromatic nitrogens is 1. The lowest BCUT2D eigenvalue weighted by molar-refractivity contribution is -0.297. The number of aliphatic hydroxyl groups is 1. The zero-order chi connectivity index (χ0) is 19.5. The first-order valence-electron chi connectivity index (χ1n) is 8.62. The lowest BCUT2D eigenvalue weighted by atomic mass is 9.97. The summed E-state index contributed by atoms with van der Waals surface area (Å²) in [5.41, 5.74) is 9.23. The maximum absolute atomic E-state index is 10.8. The van der Waals surface area contributed by atoms with Crippen molar-refractivity contribution in [1.29, 1.82) is 0 Å². The molecule has 1 aromatic carbocycles. The fourth-order valence-corrected chi connectivity index (χ4v) is 4.84. The molecule has 0 saturated carbocycles. The van der Waals surface area contributed by atoms with Gasteiger partial charge in [-0.25, -0.2) is 0 Å². The molecule has 146 valence electrons. The van der Waals surface area contributed by atoms with E-state index in [0.29, 0.717) is 0 Å². The van der Waals surface area contributed by atoms with Crippen molar-refractivity contribution in [2.24, 2.45) is 5.11 Å². The molecular formula is C18H17BrN4O4S. The van der Waals surface area contributed by atoms with Gasteiger partial charge < -0.3 is 19.3 Å². The van der Waals surface area contributed by atoms with E-state index in [0.717, 1.165) is 14.9 Å². The van der Waals surface area contributed by atoms with Crippen LogP contribution in [-0.4, -0.2) is 46.5 Å². The smallest absolute Gasteiger partial charge is 0.184 e. The minimum absolute atomic E-state index is 0.266. The van der Waals surface area contributed by atoms with Gasteiger partial charge in [-0.05, 0) is 27.5 Å². The summed E-state index contributed by atoms with van der Waals surface area (Å²) in [5, 5.41) is 14.6. The molecule has 1 aromatic heterocycles. The van der Waals surface area contributed by atoms with E-state index in [9.17, 15) is 5.11 Å². The number of ether oxygens (including phenoxy) is 3. The van der Waals surface area contributed by atoms with Crippen LogP contribution in [-0.2, 0) is 14.2 Å². The van der Waals surface area contributed by atoms with Crippen molar-refractivity contribution in [1.82, 2.24) is 4.98 Å². The third-order valence-electron chi connectivity index (χ3n) is 4.52. The van der Waals surface area contributed by atoms with E-state index in [1.165, 1.54) is 11.8 Å². The van der Waals surface area contributed by atoms with Crippen LogP contribution in [0.25, 0.3) is 10.4 Å². The number of thioether (sulfide) groups is 1. The zero-order valence-corrected chi connectivity index (χ0v) is 16.9. The standard InChI is InChI=1S/C18H17BrN4O4S/c19-11-6-12(8-21-7-11)28-18-15(24)14(22-23-20)16-13(26-18)9-25-17(27-16)10-4-2-1-3-5-10/h1-8,13-18,24H,9H2/t13-,14-,15-,16+,17?,18-/m1/s1. The molecule has 0 radical (unpaired) electrons. The normalized spacial score (nSPS) is 32.2. The summed E-state index contributed by atoms with van der Waals surface area (Å²) >= 11 is 4.69. The summed E-state index contributed by atoms with van der Waals surface area (Å²) in [6, 6.07) is 10.6. The van der Waals surface area contributed by atoms with E-state index in [-0.39, 0.29) is 6.61 Å². The lowest BCUT2D eigenvalue weighted by Crippen LogP contribution is -2.60. The Balaban J connectivity index is 1.54. The Morgan fingerprint density at radius 1 is 1.25 bits per heavy atom. The number of benzene rings is 1. The molecule has 2 aromatic rings. The Labute approximate surface area is 174 Å².